The molecule has 1 atom stereocenters. The van der Waals surface area contributed by atoms with E-state index in [1.54, 1.807) is 6.07 Å². The lowest BCUT2D eigenvalue weighted by molar-refractivity contribution is 0.536. The predicted molar refractivity (Wildman–Crippen MR) is 81.1 cm³/mol. The molecule has 0 fully saturated rings. The Balaban J connectivity index is 1.55. The van der Waals surface area contributed by atoms with Crippen LogP contribution in [-0.2, 0) is 13.0 Å². The van der Waals surface area contributed by atoms with Gasteiger partial charge in [0.1, 0.15) is 0 Å². The first-order valence-corrected chi connectivity index (χ1v) is 7.21. The molecule has 0 saturated carbocycles. The Morgan fingerprint density at radius 3 is 2.53 bits per heavy atom. The first-order valence-electron chi connectivity index (χ1n) is 6.46. The zero-order chi connectivity index (χ0) is 13.2. The van der Waals surface area contributed by atoms with Crippen molar-refractivity contribution in [2.24, 2.45) is 0 Å². The van der Waals surface area contributed by atoms with Crippen LogP contribution in [0.25, 0.3) is 0 Å². The average Bonchev–Trinajstić information content (AvgIpc) is 2.34. The van der Waals surface area contributed by atoms with Gasteiger partial charge in [-0.1, -0.05) is 47.5 Å². The van der Waals surface area contributed by atoms with E-state index in [4.69, 9.17) is 23.2 Å². The quantitative estimate of drug-likeness (QED) is 0.879. The van der Waals surface area contributed by atoms with Gasteiger partial charge in [-0.25, -0.2) is 0 Å². The molecule has 0 spiro atoms. The Morgan fingerprint density at radius 2 is 1.79 bits per heavy atom. The lowest BCUT2D eigenvalue weighted by atomic mass is 9.77. The third kappa shape index (κ3) is 2.94. The van der Waals surface area contributed by atoms with Gasteiger partial charge in [-0.2, -0.15) is 0 Å². The van der Waals surface area contributed by atoms with Crippen LogP contribution in [0.5, 0.6) is 0 Å². The first-order chi connectivity index (χ1) is 9.22. The molecule has 0 saturated heterocycles. The molecule has 2 aromatic rings. The van der Waals surface area contributed by atoms with Crippen LogP contribution in [0.4, 0.5) is 0 Å². The van der Waals surface area contributed by atoms with Gasteiger partial charge in [0.2, 0.25) is 0 Å². The lowest BCUT2D eigenvalue weighted by Crippen LogP contribution is -2.28. The summed E-state index contributed by atoms with van der Waals surface area (Å²) in [5.41, 5.74) is 4.10. The smallest absolute Gasteiger partial charge is 0.0424 e. The fraction of sp³-hybridized carbons (Fsp3) is 0.250. The minimum atomic E-state index is 0.644. The van der Waals surface area contributed by atoms with Crippen LogP contribution in [-0.4, -0.2) is 6.54 Å². The van der Waals surface area contributed by atoms with Gasteiger partial charge < -0.3 is 5.32 Å². The number of hydrogen-bond acceptors (Lipinski definition) is 1. The molecule has 1 aliphatic rings. The van der Waals surface area contributed by atoms with Crippen LogP contribution in [0.3, 0.4) is 0 Å². The largest absolute Gasteiger partial charge is 0.312 e. The van der Waals surface area contributed by atoms with Crippen molar-refractivity contribution in [2.45, 2.75) is 18.9 Å². The molecule has 0 amide bonds. The Morgan fingerprint density at radius 1 is 1.05 bits per heavy atom. The van der Waals surface area contributed by atoms with Gasteiger partial charge in [-0.05, 0) is 41.3 Å². The van der Waals surface area contributed by atoms with Gasteiger partial charge in [0, 0.05) is 29.1 Å². The number of halogens is 2. The minimum Gasteiger partial charge on any atom is -0.312 e. The molecular weight excluding hydrogens is 277 g/mol. The number of benzene rings is 2. The van der Waals surface area contributed by atoms with E-state index in [1.807, 2.05) is 12.1 Å². The third-order valence-electron chi connectivity index (χ3n) is 3.60. The van der Waals surface area contributed by atoms with E-state index in [0.717, 1.165) is 18.7 Å². The van der Waals surface area contributed by atoms with Crippen LogP contribution >= 0.6 is 23.2 Å². The SMILES string of the molecule is Clc1cc(Cl)cc(CNCC2Cc3ccccc32)c1. The molecule has 0 radical (unpaired) electrons. The first kappa shape index (κ1) is 13.0. The van der Waals surface area contributed by atoms with Crippen molar-refractivity contribution in [3.05, 3.63) is 69.2 Å². The van der Waals surface area contributed by atoms with E-state index in [-0.39, 0.29) is 0 Å². The summed E-state index contributed by atoms with van der Waals surface area (Å²) in [6.07, 6.45) is 1.18. The summed E-state index contributed by atoms with van der Waals surface area (Å²) < 4.78 is 0. The molecule has 3 rings (SSSR count). The Bertz CT molecular complexity index is 575. The van der Waals surface area contributed by atoms with Crippen LogP contribution in [0.1, 0.15) is 22.6 Å². The number of hydrogen-bond donors (Lipinski definition) is 1. The van der Waals surface area contributed by atoms with Crippen LogP contribution < -0.4 is 5.32 Å². The number of rotatable bonds is 4. The summed E-state index contributed by atoms with van der Waals surface area (Å²) in [6.45, 7) is 1.81. The molecule has 0 aliphatic heterocycles. The summed E-state index contributed by atoms with van der Waals surface area (Å²) in [6, 6.07) is 14.3. The van der Waals surface area contributed by atoms with Crippen molar-refractivity contribution >= 4 is 23.2 Å². The van der Waals surface area contributed by atoms with E-state index in [2.05, 4.69) is 29.6 Å². The molecule has 0 aromatic heterocycles. The molecule has 1 aliphatic carbocycles. The highest BCUT2D eigenvalue weighted by molar-refractivity contribution is 6.34. The van der Waals surface area contributed by atoms with Crippen LogP contribution in [0, 0.1) is 0 Å². The summed E-state index contributed by atoms with van der Waals surface area (Å²) >= 11 is 12.0. The Labute approximate surface area is 123 Å². The zero-order valence-electron chi connectivity index (χ0n) is 10.5. The standard InChI is InChI=1S/C16H15Cl2N/c17-14-5-11(6-15(18)8-14)9-19-10-13-7-12-3-1-2-4-16(12)13/h1-6,8,13,19H,7,9-10H2. The van der Waals surface area contributed by atoms with Crippen LogP contribution in [0.15, 0.2) is 42.5 Å². The monoisotopic (exact) mass is 291 g/mol. The normalized spacial score (nSPS) is 16.8. The van der Waals surface area contributed by atoms with Crippen molar-refractivity contribution in [3.63, 3.8) is 0 Å². The molecule has 2 aromatic carbocycles. The molecule has 98 valence electrons. The minimum absolute atomic E-state index is 0.644. The van der Waals surface area contributed by atoms with Gasteiger partial charge in [0.15, 0.2) is 0 Å². The van der Waals surface area contributed by atoms with E-state index in [1.165, 1.54) is 17.5 Å². The van der Waals surface area contributed by atoms with Crippen molar-refractivity contribution in [1.82, 2.24) is 5.32 Å². The van der Waals surface area contributed by atoms with Crippen LogP contribution in [0.2, 0.25) is 10.0 Å². The van der Waals surface area contributed by atoms with Gasteiger partial charge >= 0.3 is 0 Å². The number of fused-ring (bicyclic) bond motifs is 1. The summed E-state index contributed by atoms with van der Waals surface area (Å²) in [4.78, 5) is 0. The van der Waals surface area contributed by atoms with E-state index >= 15 is 0 Å². The fourth-order valence-corrected chi connectivity index (χ4v) is 3.22. The predicted octanol–water partition coefficient (Wildman–Crippen LogP) is 4.42. The topological polar surface area (TPSA) is 12.0 Å². The fourth-order valence-electron chi connectivity index (χ4n) is 2.65. The molecule has 1 unspecified atom stereocenters. The lowest BCUT2D eigenvalue weighted by Gasteiger charge is -2.30. The molecule has 1 nitrogen and oxygen atoms in total. The molecule has 1 N–H and O–H groups in total. The van der Waals surface area contributed by atoms with Gasteiger partial charge in [0.05, 0.1) is 0 Å². The molecule has 0 heterocycles. The van der Waals surface area contributed by atoms with Crippen molar-refractivity contribution in [2.75, 3.05) is 6.54 Å². The second-order valence-corrected chi connectivity index (χ2v) is 5.88. The molecule has 0 bridgehead atoms. The van der Waals surface area contributed by atoms with Gasteiger partial charge in [-0.3, -0.25) is 0 Å². The van der Waals surface area contributed by atoms with E-state index in [0.29, 0.717) is 16.0 Å². The second-order valence-electron chi connectivity index (χ2n) is 5.01. The second kappa shape index (κ2) is 5.54. The van der Waals surface area contributed by atoms with E-state index in [9.17, 15) is 0 Å². The zero-order valence-corrected chi connectivity index (χ0v) is 12.0. The third-order valence-corrected chi connectivity index (χ3v) is 4.04. The Kier molecular flexibility index (Phi) is 3.79. The van der Waals surface area contributed by atoms with Gasteiger partial charge in [-0.15, -0.1) is 0 Å². The maximum Gasteiger partial charge on any atom is 0.0424 e. The van der Waals surface area contributed by atoms with E-state index < -0.39 is 0 Å². The van der Waals surface area contributed by atoms with Crippen molar-refractivity contribution in [3.8, 4) is 0 Å². The average molecular weight is 292 g/mol. The molecule has 3 heteroatoms. The highest BCUT2D eigenvalue weighted by Crippen LogP contribution is 2.34. The summed E-state index contributed by atoms with van der Waals surface area (Å²) in [5.74, 6) is 0.644. The maximum absolute atomic E-state index is 5.98. The molecular formula is C16H15Cl2N. The number of nitrogens with one attached hydrogen (secondary N) is 1. The summed E-state index contributed by atoms with van der Waals surface area (Å²) in [7, 11) is 0. The maximum atomic E-state index is 5.98. The highest BCUT2D eigenvalue weighted by atomic mass is 35.5. The van der Waals surface area contributed by atoms with Crippen molar-refractivity contribution in [1.29, 1.82) is 0 Å². The molecule has 19 heavy (non-hydrogen) atoms. The van der Waals surface area contributed by atoms with Crippen molar-refractivity contribution < 1.29 is 0 Å². The highest BCUT2D eigenvalue weighted by Gasteiger charge is 2.24. The summed E-state index contributed by atoms with van der Waals surface area (Å²) in [5, 5.41) is 4.87. The Hall–Kier alpha value is -1.02. The van der Waals surface area contributed by atoms with Gasteiger partial charge in [0.25, 0.3) is 0 Å².